The van der Waals surface area contributed by atoms with Gasteiger partial charge in [-0.3, -0.25) is 9.36 Å². The van der Waals surface area contributed by atoms with Crippen LogP contribution < -0.4 is 5.56 Å². The smallest absolute Gasteiger partial charge is 0.337 e. The first-order valence-electron chi connectivity index (χ1n) is 10.6. The Morgan fingerprint density at radius 2 is 2.06 bits per heavy atom. The van der Waals surface area contributed by atoms with Crippen molar-refractivity contribution in [2.45, 2.75) is 50.6 Å². The lowest BCUT2D eigenvalue weighted by atomic mass is 10.1. The number of esters is 1. The number of hydrogen-bond donors (Lipinski definition) is 0. The second-order valence-electron chi connectivity index (χ2n) is 7.87. The third-order valence-electron chi connectivity index (χ3n) is 4.96. The molecule has 0 fully saturated rings. The van der Waals surface area contributed by atoms with E-state index in [0.717, 1.165) is 23.5 Å². The number of aromatic nitrogens is 3. The average molecular weight is 476 g/mol. The van der Waals surface area contributed by atoms with Crippen LogP contribution in [0.5, 0.6) is 0 Å². The van der Waals surface area contributed by atoms with E-state index in [1.165, 1.54) is 18.9 Å². The van der Waals surface area contributed by atoms with Gasteiger partial charge in [-0.15, -0.1) is 11.3 Å². The maximum absolute atomic E-state index is 13.2. The van der Waals surface area contributed by atoms with Crippen molar-refractivity contribution in [1.82, 2.24) is 14.5 Å². The summed E-state index contributed by atoms with van der Waals surface area (Å²) in [4.78, 5) is 34.6. The van der Waals surface area contributed by atoms with Crippen molar-refractivity contribution in [2.75, 3.05) is 20.8 Å². The summed E-state index contributed by atoms with van der Waals surface area (Å²) < 4.78 is 11.6. The Balaban J connectivity index is 1.88. The molecule has 32 heavy (non-hydrogen) atoms. The average Bonchev–Trinajstić information content (AvgIpc) is 3.25. The maximum Gasteiger partial charge on any atom is 0.337 e. The van der Waals surface area contributed by atoms with Gasteiger partial charge in [0, 0.05) is 31.4 Å². The van der Waals surface area contributed by atoms with Crippen LogP contribution in [-0.2, 0) is 28.2 Å². The van der Waals surface area contributed by atoms with Crippen molar-refractivity contribution in [3.63, 3.8) is 0 Å². The Labute approximate surface area is 196 Å². The number of ether oxygens (including phenoxy) is 2. The fourth-order valence-electron chi connectivity index (χ4n) is 3.20. The largest absolute Gasteiger partial charge is 0.465 e. The number of benzene rings is 1. The first-order chi connectivity index (χ1) is 15.4. The zero-order chi connectivity index (χ0) is 23.1. The Bertz CT molecular complexity index is 1120. The lowest BCUT2D eigenvalue weighted by Gasteiger charge is -2.13. The van der Waals surface area contributed by atoms with Gasteiger partial charge in [0.2, 0.25) is 0 Å². The first kappa shape index (κ1) is 24.4. The van der Waals surface area contributed by atoms with E-state index in [4.69, 9.17) is 19.4 Å². The molecule has 0 saturated carbocycles. The summed E-state index contributed by atoms with van der Waals surface area (Å²) >= 11 is 3.16. The van der Waals surface area contributed by atoms with Crippen LogP contribution in [0.15, 0.2) is 33.5 Å². The zero-order valence-corrected chi connectivity index (χ0v) is 20.6. The summed E-state index contributed by atoms with van der Waals surface area (Å²) in [6, 6.07) is 4.84. The molecule has 172 valence electrons. The molecule has 0 unspecified atom stereocenters. The summed E-state index contributed by atoms with van der Waals surface area (Å²) in [5.74, 6) is 0.815. The van der Waals surface area contributed by atoms with Crippen molar-refractivity contribution < 1.29 is 14.3 Å². The van der Waals surface area contributed by atoms with Crippen LogP contribution in [0.1, 0.15) is 47.7 Å². The Kier molecular flexibility index (Phi) is 8.84. The number of aryl methyl sites for hydroxylation is 1. The molecular weight excluding hydrogens is 446 g/mol. The van der Waals surface area contributed by atoms with Crippen LogP contribution in [0, 0.1) is 5.92 Å². The lowest BCUT2D eigenvalue weighted by molar-refractivity contribution is 0.0601. The van der Waals surface area contributed by atoms with Crippen molar-refractivity contribution in [1.29, 1.82) is 0 Å². The summed E-state index contributed by atoms with van der Waals surface area (Å²) in [7, 11) is 2.98. The Morgan fingerprint density at radius 1 is 1.25 bits per heavy atom. The molecule has 0 radical (unpaired) electrons. The number of thiazole rings is 1. The van der Waals surface area contributed by atoms with Crippen LogP contribution in [0.2, 0.25) is 0 Å². The molecular formula is C23H29N3O4S2. The second kappa shape index (κ2) is 11.6. The summed E-state index contributed by atoms with van der Waals surface area (Å²) in [6.45, 7) is 5.49. The van der Waals surface area contributed by atoms with Gasteiger partial charge in [0.05, 0.1) is 34.3 Å². The molecule has 2 aromatic heterocycles. The molecule has 2 heterocycles. The summed E-state index contributed by atoms with van der Waals surface area (Å²) in [5, 5.41) is 4.30. The molecule has 9 heteroatoms. The van der Waals surface area contributed by atoms with Crippen LogP contribution in [0.3, 0.4) is 0 Å². The minimum Gasteiger partial charge on any atom is -0.465 e. The molecule has 3 aromatic rings. The van der Waals surface area contributed by atoms with Gasteiger partial charge in [-0.2, -0.15) is 0 Å². The number of rotatable bonds is 11. The molecule has 0 spiro atoms. The summed E-state index contributed by atoms with van der Waals surface area (Å²) in [6.07, 6.45) is 2.81. The van der Waals surface area contributed by atoms with E-state index >= 15 is 0 Å². The number of fused-ring (bicyclic) bond motifs is 1. The van der Waals surface area contributed by atoms with E-state index in [2.05, 4.69) is 19.2 Å². The fraction of sp³-hybridized carbons (Fsp3) is 0.478. The molecule has 0 aliphatic carbocycles. The van der Waals surface area contributed by atoms with Gasteiger partial charge in [-0.25, -0.2) is 14.8 Å². The van der Waals surface area contributed by atoms with Gasteiger partial charge in [0.1, 0.15) is 0 Å². The molecule has 3 rings (SSSR count). The van der Waals surface area contributed by atoms with Crippen molar-refractivity contribution in [2.24, 2.45) is 5.92 Å². The highest BCUT2D eigenvalue weighted by molar-refractivity contribution is 7.98. The minimum absolute atomic E-state index is 0.124. The van der Waals surface area contributed by atoms with Crippen LogP contribution >= 0.6 is 23.1 Å². The van der Waals surface area contributed by atoms with Gasteiger partial charge in [-0.05, 0) is 43.4 Å². The van der Waals surface area contributed by atoms with Crippen molar-refractivity contribution >= 4 is 40.0 Å². The highest BCUT2D eigenvalue weighted by Crippen LogP contribution is 2.25. The zero-order valence-electron chi connectivity index (χ0n) is 18.9. The van der Waals surface area contributed by atoms with Gasteiger partial charge < -0.3 is 9.47 Å². The predicted octanol–water partition coefficient (Wildman–Crippen LogP) is 4.56. The quantitative estimate of drug-likeness (QED) is 0.174. The standard InChI is InChI=1S/C23H29N3O4S2/c1-15(2)6-9-20-24-17(13-31-20)14-32-23-25-19-12-16(22(28)30-4)7-8-18(19)21(27)26(23)10-5-11-29-3/h7-8,12-13,15H,5-6,9-11,14H2,1-4H3. The lowest BCUT2D eigenvalue weighted by Crippen LogP contribution is -2.24. The van der Waals surface area contributed by atoms with Gasteiger partial charge in [-0.1, -0.05) is 25.6 Å². The van der Waals surface area contributed by atoms with E-state index in [0.29, 0.717) is 52.9 Å². The topological polar surface area (TPSA) is 83.3 Å². The fourth-order valence-corrected chi connectivity index (χ4v) is 5.04. The van der Waals surface area contributed by atoms with Crippen LogP contribution in [0.25, 0.3) is 10.9 Å². The monoisotopic (exact) mass is 475 g/mol. The third-order valence-corrected chi connectivity index (χ3v) is 6.92. The number of carbonyl (C=O) groups excluding carboxylic acids is 1. The number of hydrogen-bond acceptors (Lipinski definition) is 8. The van der Waals surface area contributed by atoms with E-state index in [1.54, 1.807) is 41.2 Å². The molecule has 0 N–H and O–H groups in total. The number of nitrogens with zero attached hydrogens (tertiary/aromatic N) is 3. The summed E-state index contributed by atoms with van der Waals surface area (Å²) in [5.41, 5.74) is 1.72. The van der Waals surface area contributed by atoms with E-state index in [1.807, 2.05) is 0 Å². The maximum atomic E-state index is 13.2. The molecule has 0 saturated heterocycles. The third kappa shape index (κ3) is 6.17. The Hall–Kier alpha value is -2.23. The molecule has 0 atom stereocenters. The number of thioether (sulfide) groups is 1. The Morgan fingerprint density at radius 3 is 2.78 bits per heavy atom. The van der Waals surface area contributed by atoms with E-state index in [-0.39, 0.29) is 5.56 Å². The number of carbonyl (C=O) groups is 1. The molecule has 1 aromatic carbocycles. The van der Waals surface area contributed by atoms with Gasteiger partial charge in [0.25, 0.3) is 5.56 Å². The second-order valence-corrected chi connectivity index (χ2v) is 9.76. The number of methoxy groups -OCH3 is 2. The SMILES string of the molecule is COCCCn1c(SCc2csc(CCC(C)C)n2)nc2cc(C(=O)OC)ccc2c1=O. The normalized spacial score (nSPS) is 11.4. The van der Waals surface area contributed by atoms with E-state index < -0.39 is 5.97 Å². The predicted molar refractivity (Wildman–Crippen MR) is 129 cm³/mol. The van der Waals surface area contributed by atoms with E-state index in [9.17, 15) is 9.59 Å². The molecule has 0 amide bonds. The molecule has 7 nitrogen and oxygen atoms in total. The molecule has 0 aliphatic rings. The van der Waals surface area contributed by atoms with Crippen molar-refractivity contribution in [3.05, 3.63) is 50.2 Å². The minimum atomic E-state index is -0.455. The molecule has 0 bridgehead atoms. The molecule has 0 aliphatic heterocycles. The van der Waals surface area contributed by atoms with Crippen LogP contribution in [-0.4, -0.2) is 41.3 Å². The highest BCUT2D eigenvalue weighted by atomic mass is 32.2. The van der Waals surface area contributed by atoms with Crippen molar-refractivity contribution in [3.8, 4) is 0 Å². The van der Waals surface area contributed by atoms with Crippen LogP contribution in [0.4, 0.5) is 0 Å². The first-order valence-corrected chi connectivity index (χ1v) is 12.5. The van der Waals surface area contributed by atoms with Gasteiger partial charge >= 0.3 is 5.97 Å². The van der Waals surface area contributed by atoms with Gasteiger partial charge in [0.15, 0.2) is 5.16 Å². The highest BCUT2D eigenvalue weighted by Gasteiger charge is 2.15.